The minimum absolute atomic E-state index is 0.0788. The fourth-order valence-electron chi connectivity index (χ4n) is 2.12. The minimum atomic E-state index is -0.773. The van der Waals surface area contributed by atoms with E-state index in [1.54, 1.807) is 0 Å². The van der Waals surface area contributed by atoms with Crippen molar-refractivity contribution in [2.75, 3.05) is 6.54 Å². The van der Waals surface area contributed by atoms with Crippen molar-refractivity contribution < 1.29 is 14.7 Å². The molecule has 0 aliphatic rings. The number of nitrogens with one attached hydrogen (secondary N) is 2. The first kappa shape index (κ1) is 18.7. The molecule has 0 fully saturated rings. The van der Waals surface area contributed by atoms with Gasteiger partial charge in [-0.25, -0.2) is 4.79 Å². The Balaban J connectivity index is 3.99. The fourth-order valence-corrected chi connectivity index (χ4v) is 2.12. The molecule has 0 aromatic heterocycles. The lowest BCUT2D eigenvalue weighted by Gasteiger charge is -2.27. The van der Waals surface area contributed by atoms with Crippen LogP contribution in [0, 0.1) is 5.41 Å². The number of urea groups is 1. The van der Waals surface area contributed by atoms with Crippen LogP contribution in [-0.4, -0.2) is 29.2 Å². The van der Waals surface area contributed by atoms with Gasteiger partial charge in [-0.05, 0) is 38.5 Å². The predicted molar refractivity (Wildman–Crippen MR) is 80.8 cm³/mol. The molecule has 0 spiro atoms. The summed E-state index contributed by atoms with van der Waals surface area (Å²) in [6, 6.07) is -0.155. The standard InChI is InChI=1S/C15H30N2O3/c1-6-8-15(4,5)17-13(20)16-11-10-14(2,3)9-7-12(18)19/h6-11H2,1-5H3,(H,18,19)(H2,16,17,20). The van der Waals surface area contributed by atoms with Gasteiger partial charge in [0.05, 0.1) is 0 Å². The van der Waals surface area contributed by atoms with Crippen molar-refractivity contribution in [3.8, 4) is 0 Å². The summed E-state index contributed by atoms with van der Waals surface area (Å²) in [6.07, 6.45) is 3.51. The Morgan fingerprint density at radius 1 is 1.05 bits per heavy atom. The molecule has 3 N–H and O–H groups in total. The van der Waals surface area contributed by atoms with Gasteiger partial charge in [-0.1, -0.05) is 27.2 Å². The predicted octanol–water partition coefficient (Wildman–Crippen LogP) is 3.15. The maximum absolute atomic E-state index is 11.8. The summed E-state index contributed by atoms with van der Waals surface area (Å²) in [5.41, 5.74) is -0.276. The van der Waals surface area contributed by atoms with Crippen LogP contribution in [0.4, 0.5) is 4.79 Å². The molecule has 0 heterocycles. The quantitative estimate of drug-likeness (QED) is 0.609. The van der Waals surface area contributed by atoms with Gasteiger partial charge >= 0.3 is 12.0 Å². The highest BCUT2D eigenvalue weighted by atomic mass is 16.4. The first-order valence-corrected chi connectivity index (χ1v) is 7.36. The molecule has 118 valence electrons. The van der Waals surface area contributed by atoms with E-state index in [0.29, 0.717) is 13.0 Å². The minimum Gasteiger partial charge on any atom is -0.481 e. The van der Waals surface area contributed by atoms with Crippen molar-refractivity contribution in [1.29, 1.82) is 0 Å². The zero-order valence-corrected chi connectivity index (χ0v) is 13.5. The van der Waals surface area contributed by atoms with E-state index in [4.69, 9.17) is 5.11 Å². The zero-order valence-electron chi connectivity index (χ0n) is 13.5. The number of hydrogen-bond donors (Lipinski definition) is 3. The van der Waals surface area contributed by atoms with E-state index >= 15 is 0 Å². The molecule has 0 unspecified atom stereocenters. The van der Waals surface area contributed by atoms with Crippen LogP contribution in [0.15, 0.2) is 0 Å². The summed E-state index contributed by atoms with van der Waals surface area (Å²) in [6.45, 7) is 10.7. The number of amides is 2. The van der Waals surface area contributed by atoms with E-state index in [0.717, 1.165) is 19.3 Å². The van der Waals surface area contributed by atoms with Crippen molar-refractivity contribution in [3.05, 3.63) is 0 Å². The zero-order chi connectivity index (χ0) is 15.8. The molecule has 0 aliphatic heterocycles. The summed E-state index contributed by atoms with van der Waals surface area (Å²) >= 11 is 0. The van der Waals surface area contributed by atoms with Gasteiger partial charge in [0.1, 0.15) is 0 Å². The molecule has 2 amide bonds. The molecule has 0 saturated carbocycles. The molecule has 0 aromatic rings. The summed E-state index contributed by atoms with van der Waals surface area (Å²) in [7, 11) is 0. The lowest BCUT2D eigenvalue weighted by Crippen LogP contribution is -2.48. The molecule has 20 heavy (non-hydrogen) atoms. The van der Waals surface area contributed by atoms with Crippen molar-refractivity contribution in [1.82, 2.24) is 10.6 Å². The summed E-state index contributed by atoms with van der Waals surface area (Å²) in [4.78, 5) is 22.3. The van der Waals surface area contributed by atoms with Gasteiger partial charge in [-0.3, -0.25) is 4.79 Å². The van der Waals surface area contributed by atoms with Crippen molar-refractivity contribution in [2.45, 2.75) is 72.3 Å². The van der Waals surface area contributed by atoms with E-state index in [2.05, 4.69) is 17.6 Å². The lowest BCUT2D eigenvalue weighted by atomic mass is 9.84. The third kappa shape index (κ3) is 9.64. The van der Waals surface area contributed by atoms with Crippen molar-refractivity contribution in [2.24, 2.45) is 5.41 Å². The number of carbonyl (C=O) groups is 2. The highest BCUT2D eigenvalue weighted by molar-refractivity contribution is 5.74. The number of carbonyl (C=O) groups excluding carboxylic acids is 1. The summed E-state index contributed by atoms with van der Waals surface area (Å²) in [5.74, 6) is -0.773. The molecule has 0 atom stereocenters. The molecular formula is C15H30N2O3. The maximum Gasteiger partial charge on any atom is 0.315 e. The van der Waals surface area contributed by atoms with Crippen molar-refractivity contribution >= 4 is 12.0 Å². The molecule has 0 rings (SSSR count). The van der Waals surface area contributed by atoms with Gasteiger partial charge in [-0.2, -0.15) is 0 Å². The van der Waals surface area contributed by atoms with Crippen LogP contribution in [0.5, 0.6) is 0 Å². The normalized spacial score (nSPS) is 12.1. The van der Waals surface area contributed by atoms with Gasteiger partial charge < -0.3 is 15.7 Å². The molecule has 0 radical (unpaired) electrons. The molecule has 5 nitrogen and oxygen atoms in total. The Morgan fingerprint density at radius 2 is 1.65 bits per heavy atom. The summed E-state index contributed by atoms with van der Waals surface area (Å²) in [5, 5.41) is 14.5. The van der Waals surface area contributed by atoms with Crippen LogP contribution in [0.3, 0.4) is 0 Å². The Kier molecular flexibility index (Phi) is 7.61. The highest BCUT2D eigenvalue weighted by Gasteiger charge is 2.21. The van der Waals surface area contributed by atoms with E-state index in [9.17, 15) is 9.59 Å². The van der Waals surface area contributed by atoms with Crippen molar-refractivity contribution in [3.63, 3.8) is 0 Å². The van der Waals surface area contributed by atoms with Crippen LogP contribution in [-0.2, 0) is 4.79 Å². The van der Waals surface area contributed by atoms with Gasteiger partial charge in [0.15, 0.2) is 0 Å². The van der Waals surface area contributed by atoms with Gasteiger partial charge in [0, 0.05) is 18.5 Å². The Bertz CT molecular complexity index is 325. The SMILES string of the molecule is CCCC(C)(C)NC(=O)NCCC(C)(C)CCC(=O)O. The van der Waals surface area contributed by atoms with Gasteiger partial charge in [-0.15, -0.1) is 0 Å². The first-order chi connectivity index (χ1) is 9.08. The number of carboxylic acids is 1. The third-order valence-electron chi connectivity index (χ3n) is 3.43. The Labute approximate surface area is 122 Å². The average molecular weight is 286 g/mol. The van der Waals surface area contributed by atoms with Gasteiger partial charge in [0.2, 0.25) is 0 Å². The second-order valence-electron chi connectivity index (χ2n) is 6.82. The smallest absolute Gasteiger partial charge is 0.315 e. The summed E-state index contributed by atoms with van der Waals surface area (Å²) < 4.78 is 0. The number of hydrogen-bond acceptors (Lipinski definition) is 2. The maximum atomic E-state index is 11.8. The molecule has 0 bridgehead atoms. The Hall–Kier alpha value is -1.26. The van der Waals surface area contributed by atoms with Crippen LogP contribution in [0.25, 0.3) is 0 Å². The number of aliphatic carboxylic acids is 1. The lowest BCUT2D eigenvalue weighted by molar-refractivity contribution is -0.137. The van der Waals surface area contributed by atoms with Crippen LogP contribution < -0.4 is 10.6 Å². The van der Waals surface area contributed by atoms with E-state index in [1.807, 2.05) is 27.7 Å². The Morgan fingerprint density at radius 3 is 2.15 bits per heavy atom. The molecule has 0 aliphatic carbocycles. The third-order valence-corrected chi connectivity index (χ3v) is 3.43. The van der Waals surface area contributed by atoms with Crippen LogP contribution >= 0.6 is 0 Å². The topological polar surface area (TPSA) is 78.4 Å². The second kappa shape index (κ2) is 8.12. The van der Waals surface area contributed by atoms with Crippen LogP contribution in [0.2, 0.25) is 0 Å². The molecule has 5 heteroatoms. The van der Waals surface area contributed by atoms with Gasteiger partial charge in [0.25, 0.3) is 0 Å². The average Bonchev–Trinajstić information content (AvgIpc) is 2.25. The van der Waals surface area contributed by atoms with E-state index < -0.39 is 5.97 Å². The second-order valence-corrected chi connectivity index (χ2v) is 6.82. The number of rotatable bonds is 9. The van der Waals surface area contributed by atoms with Crippen LogP contribution in [0.1, 0.15) is 66.7 Å². The number of carboxylic acid groups (broad SMARTS) is 1. The molecular weight excluding hydrogens is 256 g/mol. The largest absolute Gasteiger partial charge is 0.481 e. The van der Waals surface area contributed by atoms with E-state index in [1.165, 1.54) is 0 Å². The monoisotopic (exact) mass is 286 g/mol. The first-order valence-electron chi connectivity index (χ1n) is 7.36. The molecule has 0 aromatic carbocycles. The highest BCUT2D eigenvalue weighted by Crippen LogP contribution is 2.25. The van der Waals surface area contributed by atoms with E-state index in [-0.39, 0.29) is 23.4 Å². The molecule has 0 saturated heterocycles. The fraction of sp³-hybridized carbons (Fsp3) is 0.867.